The molecule has 1 aromatic carbocycles. The zero-order valence-electron chi connectivity index (χ0n) is 8.41. The first-order valence-corrected chi connectivity index (χ1v) is 6.01. The largest absolute Gasteiger partial charge is 0.465 e. The van der Waals surface area contributed by atoms with Crippen molar-refractivity contribution < 1.29 is 9.53 Å². The first kappa shape index (κ1) is 13.6. The smallest absolute Gasteiger partial charge is 0.349 e. The van der Waals surface area contributed by atoms with Crippen molar-refractivity contribution in [2.24, 2.45) is 0 Å². The van der Waals surface area contributed by atoms with Crippen LogP contribution in [0.4, 0.5) is 0 Å². The molecule has 0 N–H and O–H groups in total. The van der Waals surface area contributed by atoms with Crippen molar-refractivity contribution >= 4 is 45.1 Å². The molecular weight excluding hydrogens is 315 g/mol. The van der Waals surface area contributed by atoms with Gasteiger partial charge in [0, 0.05) is 4.47 Å². The minimum Gasteiger partial charge on any atom is -0.465 e. The van der Waals surface area contributed by atoms with E-state index in [9.17, 15) is 4.79 Å². The molecule has 0 aromatic heterocycles. The molecule has 86 valence electrons. The van der Waals surface area contributed by atoms with E-state index in [0.29, 0.717) is 0 Å². The predicted octanol–water partition coefficient (Wildman–Crippen LogP) is 4.02. The van der Waals surface area contributed by atoms with Gasteiger partial charge in [-0.1, -0.05) is 45.7 Å². The van der Waals surface area contributed by atoms with Crippen LogP contribution in [0, 0.1) is 0 Å². The molecule has 0 amide bonds. The Morgan fingerprint density at radius 3 is 2.69 bits per heavy atom. The van der Waals surface area contributed by atoms with Gasteiger partial charge >= 0.3 is 5.97 Å². The van der Waals surface area contributed by atoms with E-state index in [0.717, 1.165) is 10.0 Å². The Balaban J connectivity index is 2.92. The monoisotopic (exact) mass is 322 g/mol. The van der Waals surface area contributed by atoms with Crippen LogP contribution in [-0.2, 0) is 9.53 Å². The molecule has 5 heteroatoms. The highest BCUT2D eigenvalue weighted by Crippen LogP contribution is 2.30. The van der Waals surface area contributed by atoms with E-state index in [4.69, 9.17) is 23.2 Å². The molecule has 1 aromatic rings. The van der Waals surface area contributed by atoms with Gasteiger partial charge in [0.2, 0.25) is 0 Å². The Labute approximate surface area is 112 Å². The average molecular weight is 324 g/mol. The van der Waals surface area contributed by atoms with Crippen molar-refractivity contribution in [3.63, 3.8) is 0 Å². The zero-order valence-corrected chi connectivity index (χ0v) is 11.5. The molecule has 0 unspecified atom stereocenters. The Bertz CT molecular complexity index is 418. The van der Waals surface area contributed by atoms with Crippen LogP contribution in [0.25, 0.3) is 0 Å². The number of hydrogen-bond acceptors (Lipinski definition) is 2. The fourth-order valence-corrected chi connectivity index (χ4v) is 2.33. The highest BCUT2D eigenvalue weighted by Gasteiger charge is 2.13. The van der Waals surface area contributed by atoms with Gasteiger partial charge in [-0.2, -0.15) is 0 Å². The lowest BCUT2D eigenvalue weighted by Gasteiger charge is -2.07. The van der Waals surface area contributed by atoms with Crippen LogP contribution in [-0.4, -0.2) is 13.1 Å². The normalized spacial score (nSPS) is 13.4. The summed E-state index contributed by atoms with van der Waals surface area (Å²) in [5.41, 5.74) is 0.839. The Morgan fingerprint density at radius 2 is 2.12 bits per heavy atom. The summed E-state index contributed by atoms with van der Waals surface area (Å²) >= 11 is 15.2. The molecule has 0 aliphatic carbocycles. The average Bonchev–Trinajstić information content (AvgIpc) is 2.28. The van der Waals surface area contributed by atoms with Crippen LogP contribution in [0.1, 0.15) is 10.9 Å². The van der Waals surface area contributed by atoms with Crippen molar-refractivity contribution in [1.82, 2.24) is 0 Å². The van der Waals surface area contributed by atoms with Gasteiger partial charge in [-0.3, -0.25) is 0 Å². The number of esters is 1. The highest BCUT2D eigenvalue weighted by molar-refractivity contribution is 9.10. The van der Waals surface area contributed by atoms with E-state index in [1.165, 1.54) is 13.2 Å². The van der Waals surface area contributed by atoms with Crippen LogP contribution in [0.5, 0.6) is 0 Å². The molecular formula is C11H9BrCl2O2. The summed E-state index contributed by atoms with van der Waals surface area (Å²) in [6, 6.07) is 7.45. The zero-order chi connectivity index (χ0) is 12.1. The molecule has 0 aliphatic heterocycles. The second-order valence-electron chi connectivity index (χ2n) is 2.93. The minimum atomic E-state index is -0.598. The summed E-state index contributed by atoms with van der Waals surface area (Å²) in [7, 11) is 1.26. The number of allylic oxidation sites excluding steroid dienone is 1. The van der Waals surface area contributed by atoms with Crippen LogP contribution < -0.4 is 0 Å². The van der Waals surface area contributed by atoms with Crippen molar-refractivity contribution in [2.75, 3.05) is 7.11 Å². The third-order valence-electron chi connectivity index (χ3n) is 1.88. The van der Waals surface area contributed by atoms with E-state index in [1.807, 2.05) is 24.3 Å². The molecule has 0 fully saturated rings. The molecule has 0 bridgehead atoms. The number of benzene rings is 1. The van der Waals surface area contributed by atoms with Gasteiger partial charge < -0.3 is 4.74 Å². The van der Waals surface area contributed by atoms with Crippen LogP contribution in [0.2, 0.25) is 0 Å². The number of hydrogen-bond donors (Lipinski definition) is 0. The summed E-state index contributed by atoms with van der Waals surface area (Å²) in [4.78, 5) is 11.1. The second kappa shape index (κ2) is 6.28. The summed E-state index contributed by atoms with van der Waals surface area (Å²) < 4.78 is 5.33. The van der Waals surface area contributed by atoms with Crippen LogP contribution in [0.3, 0.4) is 0 Å². The first-order chi connectivity index (χ1) is 7.56. The first-order valence-electron chi connectivity index (χ1n) is 4.40. The molecule has 0 heterocycles. The third kappa shape index (κ3) is 3.51. The fraction of sp³-hybridized carbons (Fsp3) is 0.182. The third-order valence-corrected chi connectivity index (χ3v) is 3.24. The molecule has 0 saturated heterocycles. The van der Waals surface area contributed by atoms with Gasteiger partial charge in [0.05, 0.1) is 12.5 Å². The molecule has 0 saturated carbocycles. The quantitative estimate of drug-likeness (QED) is 0.477. The molecule has 0 aliphatic rings. The van der Waals surface area contributed by atoms with Gasteiger partial charge in [-0.15, -0.1) is 11.6 Å². The lowest BCUT2D eigenvalue weighted by atomic mass is 10.1. The van der Waals surface area contributed by atoms with Gasteiger partial charge in [-0.25, -0.2) is 4.79 Å². The number of halogens is 3. The molecule has 1 atom stereocenters. The summed E-state index contributed by atoms with van der Waals surface area (Å²) in [6.07, 6.45) is 1.44. The van der Waals surface area contributed by atoms with Crippen molar-refractivity contribution in [3.8, 4) is 0 Å². The maximum absolute atomic E-state index is 11.1. The van der Waals surface area contributed by atoms with Gasteiger partial charge in [0.15, 0.2) is 0 Å². The summed E-state index contributed by atoms with van der Waals surface area (Å²) in [5.74, 6) is -0.598. The molecule has 16 heavy (non-hydrogen) atoms. The molecule has 0 spiro atoms. The van der Waals surface area contributed by atoms with E-state index in [1.54, 1.807) is 0 Å². The SMILES string of the molecule is COC(=O)/C(Cl)=C/[C@H](Cl)c1ccccc1Br. The number of carbonyl (C=O) groups is 1. The maximum Gasteiger partial charge on any atom is 0.349 e. The Hall–Kier alpha value is -0.510. The lowest BCUT2D eigenvalue weighted by molar-refractivity contribution is -0.135. The van der Waals surface area contributed by atoms with Crippen LogP contribution in [0.15, 0.2) is 39.8 Å². The molecule has 2 nitrogen and oxygen atoms in total. The van der Waals surface area contributed by atoms with Crippen molar-refractivity contribution in [1.29, 1.82) is 0 Å². The van der Waals surface area contributed by atoms with Gasteiger partial charge in [-0.05, 0) is 17.7 Å². The highest BCUT2D eigenvalue weighted by atomic mass is 79.9. The summed E-state index contributed by atoms with van der Waals surface area (Å²) in [6.45, 7) is 0. The van der Waals surface area contributed by atoms with Crippen molar-refractivity contribution in [2.45, 2.75) is 5.38 Å². The fourth-order valence-electron chi connectivity index (χ4n) is 1.08. The van der Waals surface area contributed by atoms with E-state index >= 15 is 0 Å². The van der Waals surface area contributed by atoms with E-state index < -0.39 is 11.3 Å². The van der Waals surface area contributed by atoms with E-state index in [-0.39, 0.29) is 5.03 Å². The standard InChI is InChI=1S/C11H9BrCl2O2/c1-16-11(15)10(14)6-9(13)7-4-2-3-5-8(7)12/h2-6,9H,1H3/b10-6-/t9-/m0/s1. The molecule has 1 rings (SSSR count). The minimum absolute atomic E-state index is 0.0294. The molecule has 0 radical (unpaired) electrons. The second-order valence-corrected chi connectivity index (χ2v) is 4.66. The Morgan fingerprint density at radius 1 is 1.50 bits per heavy atom. The topological polar surface area (TPSA) is 26.3 Å². The van der Waals surface area contributed by atoms with Gasteiger partial charge in [0.25, 0.3) is 0 Å². The van der Waals surface area contributed by atoms with Crippen molar-refractivity contribution in [3.05, 3.63) is 45.4 Å². The number of alkyl halides is 1. The Kier molecular flexibility index (Phi) is 5.32. The number of rotatable bonds is 3. The maximum atomic E-state index is 11.1. The van der Waals surface area contributed by atoms with Crippen LogP contribution >= 0.6 is 39.1 Å². The number of methoxy groups -OCH3 is 1. The number of ether oxygens (including phenoxy) is 1. The van der Waals surface area contributed by atoms with E-state index in [2.05, 4.69) is 20.7 Å². The lowest BCUT2D eigenvalue weighted by Crippen LogP contribution is -2.01. The number of carbonyl (C=O) groups excluding carboxylic acids is 1. The predicted molar refractivity (Wildman–Crippen MR) is 68.7 cm³/mol. The van der Waals surface area contributed by atoms with Gasteiger partial charge in [0.1, 0.15) is 5.03 Å². The summed E-state index contributed by atoms with van der Waals surface area (Å²) in [5, 5.41) is -0.513.